The molecule has 4 heteroatoms. The lowest BCUT2D eigenvalue weighted by Gasteiger charge is -2.13. The van der Waals surface area contributed by atoms with E-state index in [1.54, 1.807) is 31.2 Å². The van der Waals surface area contributed by atoms with Crippen LogP contribution in [0.4, 0.5) is 4.39 Å². The third-order valence-electron chi connectivity index (χ3n) is 3.18. The number of aryl methyl sites for hydroxylation is 1. The number of ether oxygens (including phenoxy) is 1. The van der Waals surface area contributed by atoms with E-state index >= 15 is 0 Å². The van der Waals surface area contributed by atoms with Gasteiger partial charge in [0.2, 0.25) is 0 Å². The van der Waals surface area contributed by atoms with Crippen LogP contribution in [-0.2, 0) is 11.3 Å². The van der Waals surface area contributed by atoms with Gasteiger partial charge in [0.05, 0.1) is 19.3 Å². The highest BCUT2D eigenvalue weighted by molar-refractivity contribution is 5.98. The molecule has 0 saturated heterocycles. The standard InChI is InChI=1S/C16H15FO3/c1-10-7-14(16(19)20-2)13(8-15(10)17)12-6-4-3-5-11(12)9-18/h3-8,18H,9H2,1-2H3. The summed E-state index contributed by atoms with van der Waals surface area (Å²) in [6, 6.07) is 9.78. The van der Waals surface area contributed by atoms with Crippen LogP contribution in [0.25, 0.3) is 11.1 Å². The summed E-state index contributed by atoms with van der Waals surface area (Å²) < 4.78 is 18.6. The molecule has 0 bridgehead atoms. The van der Waals surface area contributed by atoms with Gasteiger partial charge in [-0.25, -0.2) is 9.18 Å². The van der Waals surface area contributed by atoms with Crippen LogP contribution in [0.15, 0.2) is 36.4 Å². The van der Waals surface area contributed by atoms with Crippen molar-refractivity contribution < 1.29 is 19.0 Å². The molecule has 2 aromatic rings. The zero-order valence-electron chi connectivity index (χ0n) is 11.3. The minimum absolute atomic E-state index is 0.188. The van der Waals surface area contributed by atoms with E-state index < -0.39 is 11.8 Å². The zero-order valence-corrected chi connectivity index (χ0v) is 11.3. The molecule has 0 atom stereocenters. The Balaban J connectivity index is 2.72. The van der Waals surface area contributed by atoms with Crippen molar-refractivity contribution in [2.45, 2.75) is 13.5 Å². The highest BCUT2D eigenvalue weighted by atomic mass is 19.1. The molecule has 0 unspecified atom stereocenters. The lowest BCUT2D eigenvalue weighted by atomic mass is 9.94. The highest BCUT2D eigenvalue weighted by Crippen LogP contribution is 2.30. The summed E-state index contributed by atoms with van der Waals surface area (Å²) >= 11 is 0. The predicted octanol–water partition coefficient (Wildman–Crippen LogP) is 3.08. The van der Waals surface area contributed by atoms with Crippen LogP contribution in [0.1, 0.15) is 21.5 Å². The second kappa shape index (κ2) is 5.84. The second-order valence-corrected chi connectivity index (χ2v) is 4.45. The van der Waals surface area contributed by atoms with Gasteiger partial charge in [-0.3, -0.25) is 0 Å². The maximum absolute atomic E-state index is 13.8. The number of hydrogen-bond donors (Lipinski definition) is 1. The van der Waals surface area contributed by atoms with Crippen molar-refractivity contribution in [1.29, 1.82) is 0 Å². The first-order chi connectivity index (χ1) is 9.58. The van der Waals surface area contributed by atoms with E-state index in [1.807, 2.05) is 0 Å². The number of halogens is 1. The third-order valence-corrected chi connectivity index (χ3v) is 3.18. The fourth-order valence-electron chi connectivity index (χ4n) is 2.10. The van der Waals surface area contributed by atoms with E-state index in [2.05, 4.69) is 0 Å². The summed E-state index contributed by atoms with van der Waals surface area (Å²) in [5, 5.41) is 9.38. The Morgan fingerprint density at radius 1 is 1.25 bits per heavy atom. The molecule has 0 aromatic heterocycles. The highest BCUT2D eigenvalue weighted by Gasteiger charge is 2.17. The SMILES string of the molecule is COC(=O)c1cc(C)c(F)cc1-c1ccccc1CO. The van der Waals surface area contributed by atoms with E-state index in [1.165, 1.54) is 19.2 Å². The maximum atomic E-state index is 13.8. The van der Waals surface area contributed by atoms with Crippen molar-refractivity contribution in [3.8, 4) is 11.1 Å². The van der Waals surface area contributed by atoms with E-state index in [4.69, 9.17) is 4.74 Å². The molecule has 0 aliphatic heterocycles. The molecule has 104 valence electrons. The van der Waals surface area contributed by atoms with E-state index in [0.717, 1.165) is 0 Å². The molecule has 0 aliphatic carbocycles. The third kappa shape index (κ3) is 2.56. The largest absolute Gasteiger partial charge is 0.465 e. The summed E-state index contributed by atoms with van der Waals surface area (Å²) in [4.78, 5) is 11.9. The molecule has 0 spiro atoms. The summed E-state index contributed by atoms with van der Waals surface area (Å²) in [5.41, 5.74) is 2.32. The van der Waals surface area contributed by atoms with Gasteiger partial charge in [0, 0.05) is 0 Å². The van der Waals surface area contributed by atoms with Crippen molar-refractivity contribution in [3.05, 3.63) is 58.9 Å². The normalized spacial score (nSPS) is 10.4. The molecule has 20 heavy (non-hydrogen) atoms. The van der Waals surface area contributed by atoms with Crippen molar-refractivity contribution >= 4 is 5.97 Å². The van der Waals surface area contributed by atoms with Crippen LogP contribution in [0.2, 0.25) is 0 Å². The van der Waals surface area contributed by atoms with Crippen LogP contribution < -0.4 is 0 Å². The molecule has 0 amide bonds. The number of methoxy groups -OCH3 is 1. The van der Waals surface area contributed by atoms with Crippen LogP contribution in [0.3, 0.4) is 0 Å². The van der Waals surface area contributed by atoms with E-state index in [9.17, 15) is 14.3 Å². The predicted molar refractivity (Wildman–Crippen MR) is 73.8 cm³/mol. The molecular formula is C16H15FO3. The number of hydrogen-bond acceptors (Lipinski definition) is 3. The van der Waals surface area contributed by atoms with Crippen molar-refractivity contribution in [1.82, 2.24) is 0 Å². The lowest BCUT2D eigenvalue weighted by molar-refractivity contribution is 0.0601. The van der Waals surface area contributed by atoms with Crippen molar-refractivity contribution in [2.24, 2.45) is 0 Å². The summed E-state index contributed by atoms with van der Waals surface area (Å²) in [6.45, 7) is 1.40. The Hall–Kier alpha value is -2.20. The molecule has 0 heterocycles. The van der Waals surface area contributed by atoms with Crippen molar-refractivity contribution in [3.63, 3.8) is 0 Å². The number of carbonyl (C=O) groups excluding carboxylic acids is 1. The number of rotatable bonds is 3. The number of aliphatic hydroxyl groups is 1. The molecule has 0 radical (unpaired) electrons. The minimum Gasteiger partial charge on any atom is -0.465 e. The number of carbonyl (C=O) groups is 1. The molecule has 1 N–H and O–H groups in total. The number of aliphatic hydroxyl groups excluding tert-OH is 1. The van der Waals surface area contributed by atoms with Gasteiger partial charge >= 0.3 is 5.97 Å². The summed E-state index contributed by atoms with van der Waals surface area (Å²) in [5.74, 6) is -0.934. The minimum atomic E-state index is -0.532. The number of benzene rings is 2. The second-order valence-electron chi connectivity index (χ2n) is 4.45. The van der Waals surface area contributed by atoms with Gasteiger partial charge in [-0.2, -0.15) is 0 Å². The van der Waals surface area contributed by atoms with Gasteiger partial charge in [0.15, 0.2) is 0 Å². The van der Waals surface area contributed by atoms with Gasteiger partial charge in [0.1, 0.15) is 5.82 Å². The Morgan fingerprint density at radius 3 is 2.60 bits per heavy atom. The molecule has 0 fully saturated rings. The topological polar surface area (TPSA) is 46.5 Å². The molecule has 3 nitrogen and oxygen atoms in total. The fraction of sp³-hybridized carbons (Fsp3) is 0.188. The molecular weight excluding hydrogens is 259 g/mol. The van der Waals surface area contributed by atoms with E-state index in [-0.39, 0.29) is 12.2 Å². The summed E-state index contributed by atoms with van der Waals surface area (Å²) in [7, 11) is 1.28. The van der Waals surface area contributed by atoms with Gasteiger partial charge in [-0.05, 0) is 41.3 Å². The van der Waals surface area contributed by atoms with Gasteiger partial charge < -0.3 is 9.84 Å². The zero-order chi connectivity index (χ0) is 14.7. The maximum Gasteiger partial charge on any atom is 0.338 e. The Labute approximate surface area is 116 Å². The molecule has 2 rings (SSSR count). The van der Waals surface area contributed by atoms with Crippen LogP contribution >= 0.6 is 0 Å². The molecule has 0 aliphatic rings. The molecule has 2 aromatic carbocycles. The fourth-order valence-corrected chi connectivity index (χ4v) is 2.10. The first-order valence-electron chi connectivity index (χ1n) is 6.16. The van der Waals surface area contributed by atoms with Crippen molar-refractivity contribution in [2.75, 3.05) is 7.11 Å². The monoisotopic (exact) mass is 274 g/mol. The Kier molecular flexibility index (Phi) is 4.15. The quantitative estimate of drug-likeness (QED) is 0.875. The van der Waals surface area contributed by atoms with Gasteiger partial charge in [-0.1, -0.05) is 24.3 Å². The van der Waals surface area contributed by atoms with Crippen LogP contribution in [0.5, 0.6) is 0 Å². The van der Waals surface area contributed by atoms with E-state index in [0.29, 0.717) is 22.3 Å². The average Bonchev–Trinajstić information content (AvgIpc) is 2.48. The average molecular weight is 274 g/mol. The first kappa shape index (κ1) is 14.2. The number of esters is 1. The van der Waals surface area contributed by atoms with Gasteiger partial charge in [-0.15, -0.1) is 0 Å². The summed E-state index contributed by atoms with van der Waals surface area (Å²) in [6.07, 6.45) is 0. The van der Waals surface area contributed by atoms with Crippen LogP contribution in [0, 0.1) is 12.7 Å². The smallest absolute Gasteiger partial charge is 0.338 e. The lowest BCUT2D eigenvalue weighted by Crippen LogP contribution is -2.06. The first-order valence-corrected chi connectivity index (χ1v) is 6.16. The molecule has 0 saturated carbocycles. The van der Waals surface area contributed by atoms with Gasteiger partial charge in [0.25, 0.3) is 0 Å². The Morgan fingerprint density at radius 2 is 1.95 bits per heavy atom. The van der Waals surface area contributed by atoms with Crippen LogP contribution in [-0.4, -0.2) is 18.2 Å². The Bertz CT molecular complexity index is 650.